The number of phenols is 1. The van der Waals surface area contributed by atoms with Crippen LogP contribution in [0.1, 0.15) is 79.2 Å². The first-order valence-corrected chi connectivity index (χ1v) is 23.9. The zero-order valence-electron chi connectivity index (χ0n) is 35.3. The molecule has 4 saturated heterocycles. The molecule has 0 saturated carbocycles. The fourth-order valence-corrected chi connectivity index (χ4v) is 16.5. The summed E-state index contributed by atoms with van der Waals surface area (Å²) in [4.78, 5) is 24.0. The molecule has 3 aromatic heterocycles. The number of rotatable bonds is 9. The second-order valence-electron chi connectivity index (χ2n) is 18.5. The van der Waals surface area contributed by atoms with E-state index in [2.05, 4.69) is 68.1 Å². The lowest BCUT2D eigenvalue weighted by Gasteiger charge is -2.38. The molecule has 60 heavy (non-hydrogen) atoms. The predicted molar refractivity (Wildman–Crippen MR) is 234 cm³/mol. The minimum absolute atomic E-state index is 0.00865. The average molecular weight is 834 g/mol. The number of nitrogens with zero attached hydrogens (tertiary/aromatic N) is 6. The second kappa shape index (κ2) is 15.6. The third-order valence-electron chi connectivity index (χ3n) is 14.0. The normalized spacial score (nSPS) is 23.0. The number of aromatic hydroxyl groups is 1. The third-order valence-corrected chi connectivity index (χ3v) is 20.3. The molecule has 9 rings (SSSR count). The number of alkyl halides is 1. The molecule has 13 heteroatoms. The first-order chi connectivity index (χ1) is 28.8. The molecule has 4 aliphatic rings. The Labute approximate surface area is 351 Å². The largest absolute Gasteiger partial charge is 0.508 e. The van der Waals surface area contributed by atoms with Crippen LogP contribution in [0.4, 0.5) is 19.0 Å². The summed E-state index contributed by atoms with van der Waals surface area (Å²) >= 11 is 0. The average Bonchev–Trinajstić information content (AvgIpc) is 3.87. The number of phenolic OH excluding ortho intramolecular Hbond substituents is 1. The van der Waals surface area contributed by atoms with Crippen LogP contribution in [-0.4, -0.2) is 94.6 Å². The van der Waals surface area contributed by atoms with Crippen LogP contribution in [0.3, 0.4) is 0 Å². The summed E-state index contributed by atoms with van der Waals surface area (Å²) in [5.74, 6) is 2.36. The van der Waals surface area contributed by atoms with Crippen molar-refractivity contribution < 1.29 is 23.0 Å². The first-order valence-electron chi connectivity index (χ1n) is 21.6. The van der Waals surface area contributed by atoms with E-state index in [1.165, 1.54) is 12.1 Å². The van der Waals surface area contributed by atoms with Crippen molar-refractivity contribution in [3.05, 3.63) is 65.9 Å². The van der Waals surface area contributed by atoms with Gasteiger partial charge in [0.25, 0.3) is 0 Å². The van der Waals surface area contributed by atoms with Gasteiger partial charge in [0.15, 0.2) is 5.82 Å². The van der Waals surface area contributed by atoms with E-state index in [4.69, 9.17) is 24.7 Å². The maximum atomic E-state index is 18.0. The van der Waals surface area contributed by atoms with Crippen molar-refractivity contribution in [2.45, 2.75) is 114 Å². The summed E-state index contributed by atoms with van der Waals surface area (Å²) in [5, 5.41) is 16.1. The van der Waals surface area contributed by atoms with E-state index in [0.29, 0.717) is 76.0 Å². The van der Waals surface area contributed by atoms with Crippen molar-refractivity contribution in [1.29, 1.82) is 0 Å². The molecule has 4 atom stereocenters. The highest BCUT2D eigenvalue weighted by molar-refractivity contribution is 6.90. The van der Waals surface area contributed by atoms with Gasteiger partial charge in [-0.1, -0.05) is 59.6 Å². The Bertz CT molecular complexity index is 2490. The molecule has 4 aliphatic heterocycles. The predicted octanol–water partition coefficient (Wildman–Crippen LogP) is 9.36. The molecule has 0 unspecified atom stereocenters. The minimum atomic E-state index is -2.33. The van der Waals surface area contributed by atoms with Crippen LogP contribution in [0, 0.1) is 23.1 Å². The maximum Gasteiger partial charge on any atom is 0.319 e. The highest BCUT2D eigenvalue weighted by atomic mass is 28.3. The van der Waals surface area contributed by atoms with Crippen molar-refractivity contribution in [2.75, 3.05) is 37.7 Å². The van der Waals surface area contributed by atoms with Crippen molar-refractivity contribution in [3.63, 3.8) is 0 Å². The van der Waals surface area contributed by atoms with E-state index < -0.39 is 31.4 Å². The highest BCUT2D eigenvalue weighted by Gasteiger charge is 2.49. The maximum absolute atomic E-state index is 18.0. The Hall–Kier alpha value is -4.77. The molecule has 9 nitrogen and oxygen atoms in total. The van der Waals surface area contributed by atoms with Gasteiger partial charge in [-0.3, -0.25) is 9.88 Å². The SMILES string of the molecule is CC(C)[Si](C#Cc1c(F)ccc2cc(O)cc(-c3nc(-c4ccccn4)c4c(N5C[C@H]6CC[C@@H](C5)N6)nc(OC[C@@]56CCCN5C[C@H](F)C6)nc4c3F)c12)(C(C)C)C(C)C. The van der Waals surface area contributed by atoms with Crippen molar-refractivity contribution in [3.8, 4) is 45.9 Å². The number of piperazine rings is 1. The Kier molecular flexibility index (Phi) is 10.6. The number of ether oxygens (including phenoxy) is 1. The number of anilines is 1. The fraction of sp³-hybridized carbons (Fsp3) is 0.489. The minimum Gasteiger partial charge on any atom is -0.508 e. The van der Waals surface area contributed by atoms with Gasteiger partial charge >= 0.3 is 6.01 Å². The topological polar surface area (TPSA) is 99.5 Å². The summed E-state index contributed by atoms with van der Waals surface area (Å²) in [6.07, 6.45) is 4.85. The van der Waals surface area contributed by atoms with Crippen LogP contribution in [0.25, 0.3) is 44.3 Å². The monoisotopic (exact) mass is 833 g/mol. The van der Waals surface area contributed by atoms with Crippen molar-refractivity contribution >= 4 is 35.6 Å². The summed E-state index contributed by atoms with van der Waals surface area (Å²) in [6, 6.07) is 11.8. The van der Waals surface area contributed by atoms with Gasteiger partial charge in [0.1, 0.15) is 55.1 Å². The van der Waals surface area contributed by atoms with E-state index in [9.17, 15) is 9.50 Å². The van der Waals surface area contributed by atoms with Gasteiger partial charge in [-0.05, 0) is 84.6 Å². The number of hydrogen-bond donors (Lipinski definition) is 2. The molecular weight excluding hydrogens is 780 g/mol. The van der Waals surface area contributed by atoms with Crippen LogP contribution in [0.5, 0.6) is 11.8 Å². The molecule has 314 valence electrons. The van der Waals surface area contributed by atoms with E-state index in [1.54, 1.807) is 24.4 Å². The lowest BCUT2D eigenvalue weighted by molar-refractivity contribution is 0.107. The zero-order valence-corrected chi connectivity index (χ0v) is 36.3. The second-order valence-corrected chi connectivity index (χ2v) is 24.0. The molecule has 5 aromatic rings. The molecular formula is C47H54F3N7O2Si. The molecule has 0 spiro atoms. The quantitative estimate of drug-likeness (QED) is 0.111. The molecule has 0 amide bonds. The molecule has 2 N–H and O–H groups in total. The Morgan fingerprint density at radius 2 is 1.68 bits per heavy atom. The molecule has 2 bridgehead atoms. The third kappa shape index (κ3) is 6.88. The van der Waals surface area contributed by atoms with Crippen molar-refractivity contribution in [1.82, 2.24) is 30.2 Å². The summed E-state index contributed by atoms with van der Waals surface area (Å²) in [5.41, 5.74) is 5.04. The fourth-order valence-electron chi connectivity index (χ4n) is 11.2. The summed E-state index contributed by atoms with van der Waals surface area (Å²) in [7, 11) is -2.33. The van der Waals surface area contributed by atoms with Gasteiger partial charge in [0.05, 0.1) is 22.2 Å². The van der Waals surface area contributed by atoms with Gasteiger partial charge in [-0.2, -0.15) is 9.97 Å². The number of halogens is 3. The first kappa shape index (κ1) is 40.6. The van der Waals surface area contributed by atoms with Crippen LogP contribution in [0.15, 0.2) is 48.7 Å². The smallest absolute Gasteiger partial charge is 0.319 e. The lowest BCUT2D eigenvalue weighted by Crippen LogP contribution is -2.51. The van der Waals surface area contributed by atoms with E-state index >= 15 is 8.78 Å². The van der Waals surface area contributed by atoms with Crippen LogP contribution in [0.2, 0.25) is 16.6 Å². The number of aromatic nitrogens is 4. The number of fused-ring (bicyclic) bond motifs is 5. The molecule has 2 aromatic carbocycles. The Morgan fingerprint density at radius 1 is 0.933 bits per heavy atom. The highest BCUT2D eigenvalue weighted by Crippen LogP contribution is 2.45. The van der Waals surface area contributed by atoms with Gasteiger partial charge in [0, 0.05) is 55.3 Å². The molecule has 0 aliphatic carbocycles. The number of pyridine rings is 2. The van der Waals surface area contributed by atoms with Crippen LogP contribution < -0.4 is 15.0 Å². The van der Waals surface area contributed by atoms with Gasteiger partial charge in [-0.25, -0.2) is 18.2 Å². The standard InChI is InChI=1S/C47H54F3N7O2Si/c1-27(2)60(28(3)4,29(5)6)19-15-35-37(49)14-11-30-20-34(58)21-36(39(30)35)42-41(50)44-40(43(53-42)38-10-7-8-17-51-38)45(56-24-32-12-13-33(25-56)52-32)55-46(54-44)59-26-47-16-9-18-57(47)23-31(48)22-47/h7-8,10-11,14,17,20-21,27-29,31-33,52,58H,9,12-13,16,18,22-26H2,1-6H3/t31-,32-,33+,47+/m1/s1. The van der Waals surface area contributed by atoms with Crippen LogP contribution in [-0.2, 0) is 0 Å². The number of benzene rings is 2. The van der Waals surface area contributed by atoms with E-state index in [1.807, 2.05) is 12.1 Å². The molecule has 7 heterocycles. The number of nitrogens with one attached hydrogen (secondary N) is 1. The zero-order chi connectivity index (χ0) is 42.1. The van der Waals surface area contributed by atoms with Gasteiger partial charge in [-0.15, -0.1) is 5.54 Å². The van der Waals surface area contributed by atoms with Gasteiger partial charge < -0.3 is 20.1 Å². The Morgan fingerprint density at radius 3 is 2.38 bits per heavy atom. The van der Waals surface area contributed by atoms with Crippen LogP contribution >= 0.6 is 0 Å². The lowest BCUT2D eigenvalue weighted by atomic mass is 9.95. The Balaban J connectivity index is 1.30. The van der Waals surface area contributed by atoms with Gasteiger partial charge in [0.2, 0.25) is 0 Å². The molecule has 0 radical (unpaired) electrons. The van der Waals surface area contributed by atoms with E-state index in [0.717, 1.165) is 32.2 Å². The molecule has 4 fully saturated rings. The van der Waals surface area contributed by atoms with E-state index in [-0.39, 0.29) is 52.8 Å². The van der Waals surface area contributed by atoms with Crippen molar-refractivity contribution in [2.24, 2.45) is 0 Å². The summed E-state index contributed by atoms with van der Waals surface area (Å²) in [6.45, 7) is 15.8. The summed E-state index contributed by atoms with van der Waals surface area (Å²) < 4.78 is 55.7. The number of hydrogen-bond acceptors (Lipinski definition) is 9.